The van der Waals surface area contributed by atoms with Crippen LogP contribution < -0.4 is 11.3 Å². The number of hydroxylamine groups is 2. The quantitative estimate of drug-likeness (QED) is 0.236. The lowest BCUT2D eigenvalue weighted by atomic mass is 10.2. The van der Waals surface area contributed by atoms with Crippen molar-refractivity contribution < 1.29 is 14.4 Å². The van der Waals surface area contributed by atoms with Gasteiger partial charge in [0.2, 0.25) is 0 Å². The van der Waals surface area contributed by atoms with Gasteiger partial charge in [0, 0.05) is 13.1 Å². The highest BCUT2D eigenvalue weighted by atomic mass is 16.7. The van der Waals surface area contributed by atoms with E-state index in [1.165, 1.54) is 5.06 Å². The van der Waals surface area contributed by atoms with Crippen molar-refractivity contribution in [1.82, 2.24) is 10.5 Å². The fourth-order valence-corrected chi connectivity index (χ4v) is 1.17. The lowest BCUT2D eigenvalue weighted by Gasteiger charge is -2.24. The van der Waals surface area contributed by atoms with E-state index in [-0.39, 0.29) is 0 Å². The number of hydrazine groups is 1. The van der Waals surface area contributed by atoms with E-state index in [1.807, 2.05) is 0 Å². The third-order valence-electron chi connectivity index (χ3n) is 1.84. The summed E-state index contributed by atoms with van der Waals surface area (Å²) in [5.41, 5.74) is 1.71. The Morgan fingerprint density at radius 2 is 1.85 bits per heavy atom. The predicted octanol–water partition coefficient (Wildman–Crippen LogP) is -1.08. The molecule has 0 bridgehead atoms. The first-order valence-corrected chi connectivity index (χ1v) is 4.22. The van der Waals surface area contributed by atoms with Crippen molar-refractivity contribution in [3.63, 3.8) is 0 Å². The van der Waals surface area contributed by atoms with Crippen molar-refractivity contribution >= 4 is 11.9 Å². The molecular weight excluding hydrogens is 174 g/mol. The van der Waals surface area contributed by atoms with Gasteiger partial charge in [-0.25, -0.2) is 10.6 Å². The normalized spacial score (nSPS) is 17.9. The van der Waals surface area contributed by atoms with Crippen LogP contribution in [0, 0.1) is 0 Å². The zero-order chi connectivity index (χ0) is 9.68. The number of amides is 1. The van der Waals surface area contributed by atoms with E-state index in [4.69, 9.17) is 10.7 Å². The molecular formula is C7H13N3O3. The Hall–Kier alpha value is -1.14. The van der Waals surface area contributed by atoms with Crippen LogP contribution in [0.3, 0.4) is 0 Å². The number of nitrogens with zero attached hydrogens (tertiary/aromatic N) is 1. The third kappa shape index (κ3) is 3.00. The molecule has 1 saturated heterocycles. The summed E-state index contributed by atoms with van der Waals surface area (Å²) in [7, 11) is 0. The molecule has 0 radical (unpaired) electrons. The Morgan fingerprint density at radius 3 is 2.38 bits per heavy atom. The fourth-order valence-electron chi connectivity index (χ4n) is 1.17. The number of nitrogens with one attached hydrogen (secondary N) is 1. The number of piperidine rings is 1. The number of rotatable bonds is 1. The average molecular weight is 187 g/mol. The molecule has 0 saturated carbocycles. The first-order valence-electron chi connectivity index (χ1n) is 4.22. The number of nitrogens with two attached hydrogens (primary N) is 1. The first-order chi connectivity index (χ1) is 6.24. The van der Waals surface area contributed by atoms with Gasteiger partial charge in [0.25, 0.3) is 0 Å². The third-order valence-corrected chi connectivity index (χ3v) is 1.84. The Morgan fingerprint density at radius 1 is 1.23 bits per heavy atom. The standard InChI is InChI=1S/C7H13N3O3/c8-9-6(11)7(12)13-10-4-2-1-3-5-10/h1-5,8H2,(H,9,11). The minimum Gasteiger partial charge on any atom is -0.360 e. The van der Waals surface area contributed by atoms with Crippen LogP contribution in [-0.4, -0.2) is 30.0 Å². The molecule has 3 N–H and O–H groups in total. The molecule has 1 heterocycles. The van der Waals surface area contributed by atoms with E-state index in [2.05, 4.69) is 0 Å². The SMILES string of the molecule is NNC(=O)C(=O)ON1CCCCC1. The molecule has 1 aliphatic rings. The molecule has 1 aliphatic heterocycles. The Kier molecular flexibility index (Phi) is 3.66. The van der Waals surface area contributed by atoms with Gasteiger partial charge in [-0.05, 0) is 12.8 Å². The highest BCUT2D eigenvalue weighted by Gasteiger charge is 2.19. The van der Waals surface area contributed by atoms with Gasteiger partial charge in [-0.2, -0.15) is 0 Å². The van der Waals surface area contributed by atoms with Crippen molar-refractivity contribution in [2.45, 2.75) is 19.3 Å². The van der Waals surface area contributed by atoms with Gasteiger partial charge in [0.15, 0.2) is 0 Å². The summed E-state index contributed by atoms with van der Waals surface area (Å²) in [6, 6.07) is 0. The molecule has 1 fully saturated rings. The zero-order valence-electron chi connectivity index (χ0n) is 7.28. The molecule has 0 aliphatic carbocycles. The number of hydrogen-bond donors (Lipinski definition) is 2. The maximum Gasteiger partial charge on any atom is 0.417 e. The molecule has 74 valence electrons. The van der Waals surface area contributed by atoms with Gasteiger partial charge in [-0.1, -0.05) is 6.42 Å². The number of hydrogen-bond acceptors (Lipinski definition) is 5. The summed E-state index contributed by atoms with van der Waals surface area (Å²) >= 11 is 0. The smallest absolute Gasteiger partial charge is 0.360 e. The van der Waals surface area contributed by atoms with Crippen molar-refractivity contribution in [3.8, 4) is 0 Å². The van der Waals surface area contributed by atoms with Gasteiger partial charge < -0.3 is 4.84 Å². The first kappa shape index (κ1) is 9.94. The number of carbonyl (C=O) groups excluding carboxylic acids is 2. The molecule has 13 heavy (non-hydrogen) atoms. The highest BCUT2D eigenvalue weighted by Crippen LogP contribution is 2.08. The Bertz CT molecular complexity index is 201. The second kappa shape index (κ2) is 4.78. The maximum absolute atomic E-state index is 10.9. The van der Waals surface area contributed by atoms with Crippen LogP contribution in [0.25, 0.3) is 0 Å². The molecule has 0 aromatic heterocycles. The monoisotopic (exact) mass is 187 g/mol. The molecule has 6 heteroatoms. The van der Waals surface area contributed by atoms with E-state index < -0.39 is 11.9 Å². The summed E-state index contributed by atoms with van der Waals surface area (Å²) < 4.78 is 0. The van der Waals surface area contributed by atoms with Gasteiger partial charge in [0.1, 0.15) is 0 Å². The molecule has 0 spiro atoms. The van der Waals surface area contributed by atoms with Crippen LogP contribution in [0.4, 0.5) is 0 Å². The van der Waals surface area contributed by atoms with Crippen molar-refractivity contribution in [2.75, 3.05) is 13.1 Å². The summed E-state index contributed by atoms with van der Waals surface area (Å²) in [6.07, 6.45) is 3.10. The molecule has 0 unspecified atom stereocenters. The minimum atomic E-state index is -0.954. The second-order valence-electron chi connectivity index (χ2n) is 2.84. The van der Waals surface area contributed by atoms with E-state index in [1.54, 1.807) is 5.43 Å². The summed E-state index contributed by atoms with van der Waals surface area (Å²) in [5, 5.41) is 1.49. The van der Waals surface area contributed by atoms with Crippen molar-refractivity contribution in [1.29, 1.82) is 0 Å². The zero-order valence-corrected chi connectivity index (χ0v) is 7.28. The fraction of sp³-hybridized carbons (Fsp3) is 0.714. The highest BCUT2D eigenvalue weighted by molar-refractivity contribution is 6.32. The lowest BCUT2D eigenvalue weighted by molar-refractivity contribution is -0.196. The van der Waals surface area contributed by atoms with Crippen molar-refractivity contribution in [2.24, 2.45) is 5.84 Å². The van der Waals surface area contributed by atoms with Gasteiger partial charge in [-0.15, -0.1) is 5.06 Å². The Balaban J connectivity index is 2.30. The molecule has 0 aromatic rings. The van der Waals surface area contributed by atoms with E-state index in [0.717, 1.165) is 19.3 Å². The Labute approximate surface area is 75.9 Å². The largest absolute Gasteiger partial charge is 0.417 e. The molecule has 1 amide bonds. The molecule has 1 rings (SSSR count). The maximum atomic E-state index is 10.9. The van der Waals surface area contributed by atoms with E-state index in [9.17, 15) is 9.59 Å². The van der Waals surface area contributed by atoms with Gasteiger partial charge >= 0.3 is 11.9 Å². The summed E-state index contributed by atoms with van der Waals surface area (Å²) in [4.78, 5) is 26.3. The molecule has 0 aromatic carbocycles. The van der Waals surface area contributed by atoms with E-state index >= 15 is 0 Å². The average Bonchev–Trinajstić information content (AvgIpc) is 2.18. The minimum absolute atomic E-state index is 0.684. The van der Waals surface area contributed by atoms with Crippen LogP contribution in [0.1, 0.15) is 19.3 Å². The summed E-state index contributed by atoms with van der Waals surface area (Å²) in [6.45, 7) is 1.37. The second-order valence-corrected chi connectivity index (χ2v) is 2.84. The number of carbonyl (C=O) groups is 2. The van der Waals surface area contributed by atoms with Crippen LogP contribution in [0.2, 0.25) is 0 Å². The van der Waals surface area contributed by atoms with Gasteiger partial charge in [-0.3, -0.25) is 10.2 Å². The topological polar surface area (TPSA) is 84.7 Å². The van der Waals surface area contributed by atoms with E-state index in [0.29, 0.717) is 13.1 Å². The molecule has 6 nitrogen and oxygen atoms in total. The molecule has 0 atom stereocenters. The lowest BCUT2D eigenvalue weighted by Crippen LogP contribution is -2.42. The predicted molar refractivity (Wildman–Crippen MR) is 43.8 cm³/mol. The summed E-state index contributed by atoms with van der Waals surface area (Å²) in [5.74, 6) is 2.88. The van der Waals surface area contributed by atoms with Crippen LogP contribution >= 0.6 is 0 Å². The van der Waals surface area contributed by atoms with Crippen LogP contribution in [0.15, 0.2) is 0 Å². The van der Waals surface area contributed by atoms with Crippen molar-refractivity contribution in [3.05, 3.63) is 0 Å². The van der Waals surface area contributed by atoms with Crippen LogP contribution in [-0.2, 0) is 14.4 Å². The van der Waals surface area contributed by atoms with Gasteiger partial charge in [0.05, 0.1) is 0 Å². The van der Waals surface area contributed by atoms with Crippen LogP contribution in [0.5, 0.6) is 0 Å².